The van der Waals surface area contributed by atoms with Gasteiger partial charge in [-0.1, -0.05) is 24.3 Å². The van der Waals surface area contributed by atoms with E-state index >= 15 is 0 Å². The van der Waals surface area contributed by atoms with Crippen molar-refractivity contribution in [2.45, 2.75) is 32.5 Å². The summed E-state index contributed by atoms with van der Waals surface area (Å²) in [7, 11) is 0. The third-order valence-corrected chi connectivity index (χ3v) is 2.73. The van der Waals surface area contributed by atoms with E-state index in [0.717, 1.165) is 11.1 Å². The number of carbonyl (C=O) groups is 2. The van der Waals surface area contributed by atoms with E-state index in [0.29, 0.717) is 6.42 Å². The first-order valence-corrected chi connectivity index (χ1v) is 5.51. The van der Waals surface area contributed by atoms with Crippen LogP contribution in [0.1, 0.15) is 43.6 Å². The number of benzene rings is 1. The first-order valence-electron chi connectivity index (χ1n) is 5.51. The molecule has 0 N–H and O–H groups in total. The SMILES string of the molecule is CC(=O)O[C@@H]1C[C@@H](OC(C)=O)c2ccccc21. The van der Waals surface area contributed by atoms with Gasteiger partial charge >= 0.3 is 11.9 Å². The van der Waals surface area contributed by atoms with Crippen molar-refractivity contribution in [1.29, 1.82) is 0 Å². The van der Waals surface area contributed by atoms with Gasteiger partial charge in [0.1, 0.15) is 12.2 Å². The van der Waals surface area contributed by atoms with Crippen molar-refractivity contribution < 1.29 is 19.1 Å². The first-order chi connectivity index (χ1) is 8.08. The molecule has 4 heteroatoms. The maximum Gasteiger partial charge on any atom is 0.303 e. The van der Waals surface area contributed by atoms with Gasteiger partial charge in [0, 0.05) is 20.3 Å². The molecule has 1 aromatic carbocycles. The van der Waals surface area contributed by atoms with E-state index in [4.69, 9.17) is 9.47 Å². The molecule has 0 aromatic heterocycles. The number of hydrogen-bond acceptors (Lipinski definition) is 4. The predicted molar refractivity (Wildman–Crippen MR) is 60.1 cm³/mol. The minimum absolute atomic E-state index is 0.312. The zero-order valence-corrected chi connectivity index (χ0v) is 9.80. The quantitative estimate of drug-likeness (QED) is 0.737. The van der Waals surface area contributed by atoms with Crippen molar-refractivity contribution in [1.82, 2.24) is 0 Å². The second-order valence-corrected chi connectivity index (χ2v) is 4.06. The van der Waals surface area contributed by atoms with E-state index in [1.54, 1.807) is 0 Å². The van der Waals surface area contributed by atoms with Gasteiger partial charge < -0.3 is 9.47 Å². The fourth-order valence-electron chi connectivity index (χ4n) is 2.17. The Kier molecular flexibility index (Phi) is 3.13. The Bertz CT molecular complexity index is 411. The molecule has 4 nitrogen and oxygen atoms in total. The molecule has 90 valence electrons. The second kappa shape index (κ2) is 4.57. The van der Waals surface area contributed by atoms with Gasteiger partial charge in [0.2, 0.25) is 0 Å². The summed E-state index contributed by atoms with van der Waals surface area (Å²) < 4.78 is 10.4. The highest BCUT2D eigenvalue weighted by Gasteiger charge is 2.34. The van der Waals surface area contributed by atoms with Crippen LogP contribution in [0.2, 0.25) is 0 Å². The molecule has 0 amide bonds. The van der Waals surface area contributed by atoms with Crippen LogP contribution in [-0.2, 0) is 19.1 Å². The standard InChI is InChI=1S/C13H14O4/c1-8(14)16-12-7-13(17-9(2)15)11-6-4-3-5-10(11)12/h3-6,12-13H,7H2,1-2H3/t12-,13-/m1/s1. The maximum absolute atomic E-state index is 11.0. The van der Waals surface area contributed by atoms with Crippen LogP contribution >= 0.6 is 0 Å². The molecule has 0 spiro atoms. The number of fused-ring (bicyclic) bond motifs is 1. The molecular formula is C13H14O4. The van der Waals surface area contributed by atoms with E-state index in [1.165, 1.54) is 13.8 Å². The summed E-state index contributed by atoms with van der Waals surface area (Å²) >= 11 is 0. The Labute approximate surface area is 99.5 Å². The highest BCUT2D eigenvalue weighted by Crippen LogP contribution is 2.42. The molecule has 0 fully saturated rings. The van der Waals surface area contributed by atoms with Crippen LogP contribution in [0.5, 0.6) is 0 Å². The summed E-state index contributed by atoms with van der Waals surface area (Å²) in [5.74, 6) is -0.651. The molecule has 1 aromatic rings. The molecule has 0 unspecified atom stereocenters. The average molecular weight is 234 g/mol. The third kappa shape index (κ3) is 2.46. The molecule has 0 heterocycles. The normalized spacial score (nSPS) is 21.8. The van der Waals surface area contributed by atoms with Gasteiger partial charge in [-0.05, 0) is 11.1 Å². The highest BCUT2D eigenvalue weighted by atomic mass is 16.6. The summed E-state index contributed by atoms with van der Waals surface area (Å²) in [6, 6.07) is 7.55. The molecule has 1 aliphatic carbocycles. The summed E-state index contributed by atoms with van der Waals surface area (Å²) in [6.07, 6.45) is -0.125. The zero-order chi connectivity index (χ0) is 12.4. The lowest BCUT2D eigenvalue weighted by molar-refractivity contribution is -0.151. The minimum atomic E-state index is -0.326. The molecule has 2 rings (SSSR count). The van der Waals surface area contributed by atoms with E-state index in [1.807, 2.05) is 24.3 Å². The van der Waals surface area contributed by atoms with Crippen LogP contribution in [0.15, 0.2) is 24.3 Å². The summed E-state index contributed by atoms with van der Waals surface area (Å²) in [6.45, 7) is 2.75. The second-order valence-electron chi connectivity index (χ2n) is 4.06. The largest absolute Gasteiger partial charge is 0.457 e. The summed E-state index contributed by atoms with van der Waals surface area (Å²) in [4.78, 5) is 22.0. The summed E-state index contributed by atoms with van der Waals surface area (Å²) in [5, 5.41) is 0. The van der Waals surface area contributed by atoms with Crippen LogP contribution in [-0.4, -0.2) is 11.9 Å². The average Bonchev–Trinajstić information content (AvgIpc) is 2.56. The van der Waals surface area contributed by atoms with Crippen molar-refractivity contribution >= 4 is 11.9 Å². The van der Waals surface area contributed by atoms with Gasteiger partial charge in [-0.25, -0.2) is 0 Å². The van der Waals surface area contributed by atoms with Gasteiger partial charge in [0.05, 0.1) is 0 Å². The lowest BCUT2D eigenvalue weighted by atomic mass is 10.1. The minimum Gasteiger partial charge on any atom is -0.457 e. The van der Waals surface area contributed by atoms with Gasteiger partial charge in [-0.3, -0.25) is 9.59 Å². The molecule has 0 bridgehead atoms. The Balaban J connectivity index is 2.26. The molecule has 0 aliphatic heterocycles. The molecule has 0 saturated carbocycles. The fraction of sp³-hybridized carbons (Fsp3) is 0.385. The van der Waals surface area contributed by atoms with Crippen LogP contribution < -0.4 is 0 Å². The fourth-order valence-corrected chi connectivity index (χ4v) is 2.17. The Morgan fingerprint density at radius 3 is 1.76 bits per heavy atom. The molecule has 1 aliphatic rings. The Morgan fingerprint density at radius 2 is 1.41 bits per heavy atom. The van der Waals surface area contributed by atoms with E-state index in [2.05, 4.69) is 0 Å². The topological polar surface area (TPSA) is 52.6 Å². The lowest BCUT2D eigenvalue weighted by Crippen LogP contribution is -2.07. The van der Waals surface area contributed by atoms with Gasteiger partial charge in [-0.2, -0.15) is 0 Å². The molecule has 0 radical (unpaired) electrons. The molecular weight excluding hydrogens is 220 g/mol. The van der Waals surface area contributed by atoms with E-state index in [9.17, 15) is 9.59 Å². The number of esters is 2. The first kappa shape index (κ1) is 11.6. The Morgan fingerprint density at radius 1 is 1.00 bits per heavy atom. The predicted octanol–water partition coefficient (Wildman–Crippen LogP) is 2.30. The lowest BCUT2D eigenvalue weighted by Gasteiger charge is -2.12. The smallest absolute Gasteiger partial charge is 0.303 e. The van der Waals surface area contributed by atoms with Crippen molar-refractivity contribution in [3.8, 4) is 0 Å². The van der Waals surface area contributed by atoms with E-state index < -0.39 is 0 Å². The van der Waals surface area contributed by atoms with E-state index in [-0.39, 0.29) is 24.1 Å². The number of carbonyl (C=O) groups excluding carboxylic acids is 2. The van der Waals surface area contributed by atoms with Gasteiger partial charge in [0.15, 0.2) is 0 Å². The third-order valence-electron chi connectivity index (χ3n) is 2.73. The maximum atomic E-state index is 11.0. The van der Waals surface area contributed by atoms with Crippen molar-refractivity contribution in [3.05, 3.63) is 35.4 Å². The van der Waals surface area contributed by atoms with Crippen LogP contribution in [0, 0.1) is 0 Å². The molecule has 0 saturated heterocycles. The van der Waals surface area contributed by atoms with Crippen molar-refractivity contribution in [2.24, 2.45) is 0 Å². The number of ether oxygens (including phenoxy) is 2. The summed E-state index contributed by atoms with van der Waals surface area (Å²) in [5.41, 5.74) is 1.85. The van der Waals surface area contributed by atoms with Crippen molar-refractivity contribution in [3.63, 3.8) is 0 Å². The highest BCUT2D eigenvalue weighted by molar-refractivity contribution is 5.67. The molecule has 2 atom stereocenters. The Hall–Kier alpha value is -1.84. The monoisotopic (exact) mass is 234 g/mol. The van der Waals surface area contributed by atoms with Crippen LogP contribution in [0.25, 0.3) is 0 Å². The number of rotatable bonds is 2. The number of hydrogen-bond donors (Lipinski definition) is 0. The van der Waals surface area contributed by atoms with Gasteiger partial charge in [-0.15, -0.1) is 0 Å². The van der Waals surface area contributed by atoms with Crippen LogP contribution in [0.4, 0.5) is 0 Å². The van der Waals surface area contributed by atoms with Crippen molar-refractivity contribution in [2.75, 3.05) is 0 Å². The zero-order valence-electron chi connectivity index (χ0n) is 9.80. The van der Waals surface area contributed by atoms with Crippen LogP contribution in [0.3, 0.4) is 0 Å². The van der Waals surface area contributed by atoms with Gasteiger partial charge in [0.25, 0.3) is 0 Å². The molecule has 17 heavy (non-hydrogen) atoms.